The van der Waals surface area contributed by atoms with Crippen molar-refractivity contribution in [2.24, 2.45) is 0 Å². The van der Waals surface area contributed by atoms with Crippen molar-refractivity contribution in [2.45, 2.75) is 0 Å². The van der Waals surface area contributed by atoms with E-state index in [4.69, 9.17) is 27.3 Å². The monoisotopic (exact) mass is 648 g/mol. The molecule has 0 unspecified atom stereocenters. The zero-order valence-electron chi connectivity index (χ0n) is 35.3. The van der Waals surface area contributed by atoms with Gasteiger partial charge in [-0.15, -0.1) is 0 Å². The maximum absolute atomic E-state index is 9.08. The highest BCUT2D eigenvalue weighted by Crippen LogP contribution is 2.38. The fourth-order valence-electron chi connectivity index (χ4n) is 6.83. The standard InChI is InChI=1S/C45H29N5/c1-3-15-30(16-4-1)32-27-28-42-37(29-32)35-21-9-13-25-40(35)50(42)45-47-43(31-17-5-2-6-18-31)46-44(48-45)36-22-10-14-26-41(36)49-38-23-11-7-19-33(38)34-20-8-12-24-39(34)49/h1-29H/i2D,5D,6D,7D,11D,17D,18D,19D,23D. The van der Waals surface area contributed by atoms with Gasteiger partial charge in [0.15, 0.2) is 11.6 Å². The molecule has 0 aliphatic rings. The molecule has 0 fully saturated rings. The lowest BCUT2D eigenvalue weighted by Crippen LogP contribution is -2.07. The summed E-state index contributed by atoms with van der Waals surface area (Å²) < 4.78 is 81.9. The molecule has 234 valence electrons. The molecule has 0 atom stereocenters. The van der Waals surface area contributed by atoms with Crippen LogP contribution < -0.4 is 0 Å². The van der Waals surface area contributed by atoms with Crippen LogP contribution in [-0.4, -0.2) is 24.1 Å². The van der Waals surface area contributed by atoms with Crippen LogP contribution in [0.5, 0.6) is 0 Å². The molecule has 3 aromatic heterocycles. The number of aromatic nitrogens is 5. The Labute approximate surface area is 301 Å². The summed E-state index contributed by atoms with van der Waals surface area (Å²) in [6, 6.07) is 34.8. The van der Waals surface area contributed by atoms with Crippen LogP contribution in [-0.2, 0) is 0 Å². The fourth-order valence-corrected chi connectivity index (χ4v) is 6.83. The Bertz CT molecular complexity index is 3370. The van der Waals surface area contributed by atoms with E-state index in [0.29, 0.717) is 27.5 Å². The molecule has 0 saturated heterocycles. The fraction of sp³-hybridized carbons (Fsp3) is 0. The molecule has 5 heteroatoms. The second-order valence-electron chi connectivity index (χ2n) is 11.8. The second-order valence-corrected chi connectivity index (χ2v) is 11.8. The van der Waals surface area contributed by atoms with Crippen molar-refractivity contribution in [3.63, 3.8) is 0 Å². The zero-order valence-corrected chi connectivity index (χ0v) is 26.3. The summed E-state index contributed by atoms with van der Waals surface area (Å²) in [5, 5.41) is 2.83. The first-order chi connectivity index (χ1) is 28.5. The SMILES string of the molecule is [2H]c1c([2H])c([2H])c(-c2nc(-c3ccccc3-n3c4ccccc4c4c([2H])c([2H])c([2H])c([2H])c43)nc(-n3c4ccccc4c4cc(-c5ccccc5)ccc43)n2)c([2H])c1[2H]. The van der Waals surface area contributed by atoms with Gasteiger partial charge in [-0.25, -0.2) is 4.98 Å². The molecule has 10 aromatic rings. The molecule has 50 heavy (non-hydrogen) atoms. The van der Waals surface area contributed by atoms with Crippen molar-refractivity contribution in [3.8, 4) is 45.5 Å². The normalized spacial score (nSPS) is 14.1. The first kappa shape index (κ1) is 20.5. The van der Waals surface area contributed by atoms with Gasteiger partial charge in [-0.3, -0.25) is 4.57 Å². The van der Waals surface area contributed by atoms with Gasteiger partial charge in [0.1, 0.15) is 0 Å². The average Bonchev–Trinajstić information content (AvgIpc) is 3.80. The summed E-state index contributed by atoms with van der Waals surface area (Å²) >= 11 is 0. The molecule has 0 amide bonds. The molecule has 0 bridgehead atoms. The lowest BCUT2D eigenvalue weighted by molar-refractivity contribution is 0.951. The second kappa shape index (κ2) is 11.4. The molecule has 0 saturated carbocycles. The van der Waals surface area contributed by atoms with Gasteiger partial charge in [0, 0.05) is 32.7 Å². The van der Waals surface area contributed by atoms with Crippen molar-refractivity contribution >= 4 is 43.6 Å². The van der Waals surface area contributed by atoms with Gasteiger partial charge in [-0.2, -0.15) is 9.97 Å². The summed E-state index contributed by atoms with van der Waals surface area (Å²) in [5.74, 6) is 0.0909. The van der Waals surface area contributed by atoms with Gasteiger partial charge in [-0.05, 0) is 53.6 Å². The van der Waals surface area contributed by atoms with Crippen LogP contribution in [0.3, 0.4) is 0 Å². The number of fused-ring (bicyclic) bond motifs is 6. The van der Waals surface area contributed by atoms with Crippen LogP contribution in [0, 0.1) is 0 Å². The maximum atomic E-state index is 9.08. The van der Waals surface area contributed by atoms with E-state index >= 15 is 0 Å². The number of rotatable bonds is 5. The zero-order chi connectivity index (χ0) is 40.9. The molecular formula is C45H29N5. The molecule has 0 aliphatic carbocycles. The summed E-state index contributed by atoms with van der Waals surface area (Å²) in [6.07, 6.45) is 0. The average molecular weight is 649 g/mol. The first-order valence-electron chi connectivity index (χ1n) is 20.6. The van der Waals surface area contributed by atoms with Gasteiger partial charge < -0.3 is 4.57 Å². The van der Waals surface area contributed by atoms with Crippen LogP contribution in [0.4, 0.5) is 0 Å². The Morgan fingerprint density at radius 2 is 1.04 bits per heavy atom. The van der Waals surface area contributed by atoms with Crippen molar-refractivity contribution in [1.82, 2.24) is 24.1 Å². The minimum atomic E-state index is -0.545. The minimum absolute atomic E-state index is 0.103. The molecule has 3 heterocycles. The molecule has 0 radical (unpaired) electrons. The maximum Gasteiger partial charge on any atom is 0.238 e. The van der Waals surface area contributed by atoms with Crippen LogP contribution in [0.15, 0.2) is 176 Å². The Morgan fingerprint density at radius 1 is 0.400 bits per heavy atom. The van der Waals surface area contributed by atoms with Crippen molar-refractivity contribution in [3.05, 3.63) is 176 Å². The van der Waals surface area contributed by atoms with Gasteiger partial charge in [-0.1, -0.05) is 133 Å². The Balaban J connectivity index is 1.31. The predicted octanol–water partition coefficient (Wildman–Crippen LogP) is 11.1. The summed E-state index contributed by atoms with van der Waals surface area (Å²) in [4.78, 5) is 14.9. The summed E-state index contributed by atoms with van der Waals surface area (Å²) in [6.45, 7) is 0. The molecule has 0 aliphatic heterocycles. The van der Waals surface area contributed by atoms with E-state index in [1.807, 2.05) is 102 Å². The predicted molar refractivity (Wildman–Crippen MR) is 205 cm³/mol. The first-order valence-corrected chi connectivity index (χ1v) is 16.1. The molecule has 7 aromatic carbocycles. The van der Waals surface area contributed by atoms with Crippen molar-refractivity contribution < 1.29 is 12.3 Å². The number of nitrogens with zero attached hydrogens (tertiary/aromatic N) is 5. The minimum Gasteiger partial charge on any atom is -0.309 e. The number of hydrogen-bond acceptors (Lipinski definition) is 3. The van der Waals surface area contributed by atoms with Gasteiger partial charge >= 0.3 is 0 Å². The van der Waals surface area contributed by atoms with Crippen LogP contribution in [0.2, 0.25) is 0 Å². The van der Waals surface area contributed by atoms with Crippen LogP contribution >= 0.6 is 0 Å². The van der Waals surface area contributed by atoms with E-state index in [9.17, 15) is 0 Å². The van der Waals surface area contributed by atoms with E-state index in [0.717, 1.165) is 32.9 Å². The Morgan fingerprint density at radius 3 is 1.88 bits per heavy atom. The molecule has 0 spiro atoms. The number of hydrogen-bond donors (Lipinski definition) is 0. The van der Waals surface area contributed by atoms with E-state index in [2.05, 4.69) is 6.07 Å². The van der Waals surface area contributed by atoms with Crippen LogP contribution in [0.1, 0.15) is 12.3 Å². The third kappa shape index (κ3) is 4.45. The largest absolute Gasteiger partial charge is 0.309 e. The molecule has 5 nitrogen and oxygen atoms in total. The summed E-state index contributed by atoms with van der Waals surface area (Å²) in [7, 11) is 0. The molecular weight excluding hydrogens is 611 g/mol. The highest BCUT2D eigenvalue weighted by molar-refractivity contribution is 6.11. The highest BCUT2D eigenvalue weighted by Gasteiger charge is 2.21. The lowest BCUT2D eigenvalue weighted by atomic mass is 10.0. The van der Waals surface area contributed by atoms with Gasteiger partial charge in [0.2, 0.25) is 5.95 Å². The quantitative estimate of drug-likeness (QED) is 0.187. The number of benzene rings is 7. The molecule has 10 rings (SSSR count). The van der Waals surface area contributed by atoms with Crippen molar-refractivity contribution in [1.29, 1.82) is 0 Å². The lowest BCUT2D eigenvalue weighted by Gasteiger charge is -2.15. The van der Waals surface area contributed by atoms with Gasteiger partial charge in [0.05, 0.1) is 40.1 Å². The number of para-hydroxylation sites is 4. The summed E-state index contributed by atoms with van der Waals surface area (Å²) in [5.41, 5.74) is 5.20. The van der Waals surface area contributed by atoms with Crippen molar-refractivity contribution in [2.75, 3.05) is 0 Å². The Hall–Kier alpha value is -6.85. The third-order valence-electron chi connectivity index (χ3n) is 9.02. The smallest absolute Gasteiger partial charge is 0.238 e. The van der Waals surface area contributed by atoms with E-state index in [1.54, 1.807) is 22.8 Å². The molecule has 0 N–H and O–H groups in total. The van der Waals surface area contributed by atoms with Gasteiger partial charge in [0.25, 0.3) is 0 Å². The van der Waals surface area contributed by atoms with E-state index < -0.39 is 30.2 Å². The van der Waals surface area contributed by atoms with E-state index in [-0.39, 0.29) is 52.8 Å². The third-order valence-corrected chi connectivity index (χ3v) is 9.02. The topological polar surface area (TPSA) is 48.5 Å². The van der Waals surface area contributed by atoms with Crippen LogP contribution in [0.25, 0.3) is 89.2 Å². The Kier molecular flexibility index (Phi) is 4.67. The van der Waals surface area contributed by atoms with E-state index in [1.165, 1.54) is 0 Å². The highest BCUT2D eigenvalue weighted by atomic mass is 15.2.